The molecule has 0 aliphatic rings. The fraction of sp³-hybridized carbons (Fsp3) is 0. The molecule has 3 aromatic heterocycles. The average molecular weight is 353 g/mol. The summed E-state index contributed by atoms with van der Waals surface area (Å²) in [5, 5.41) is 24.5. The van der Waals surface area contributed by atoms with Crippen molar-refractivity contribution in [1.29, 1.82) is 5.26 Å². The maximum absolute atomic E-state index is 9.05. The number of nitrogens with zero attached hydrogens (tertiary/aromatic N) is 5. The molecular weight excluding hydrogens is 344 g/mol. The van der Waals surface area contributed by atoms with Gasteiger partial charge in [-0.05, 0) is 30.3 Å². The van der Waals surface area contributed by atoms with Crippen molar-refractivity contribution in [2.24, 2.45) is 0 Å². The van der Waals surface area contributed by atoms with Crippen molar-refractivity contribution < 1.29 is 0 Å². The molecule has 0 atom stereocenters. The standard InChI is InChI=1S/C16H9ClN6S/c17-11-2-1-3-12(6-11)23-9-10(8-19-23)14-4-5-15(24-14)16-13(7-18)20-22-21-16/h1-6,8-9H,(H,20,21,22). The summed E-state index contributed by atoms with van der Waals surface area (Å²) in [5.74, 6) is 0. The first-order valence-electron chi connectivity index (χ1n) is 6.96. The van der Waals surface area contributed by atoms with Crippen LogP contribution in [-0.4, -0.2) is 25.2 Å². The van der Waals surface area contributed by atoms with Crippen molar-refractivity contribution in [1.82, 2.24) is 25.2 Å². The fourth-order valence-electron chi connectivity index (χ4n) is 2.31. The summed E-state index contributed by atoms with van der Waals surface area (Å²) in [6.07, 6.45) is 3.74. The summed E-state index contributed by atoms with van der Waals surface area (Å²) in [6.45, 7) is 0. The van der Waals surface area contributed by atoms with Gasteiger partial charge >= 0.3 is 0 Å². The van der Waals surface area contributed by atoms with Crippen LogP contribution < -0.4 is 0 Å². The lowest BCUT2D eigenvalue weighted by molar-refractivity contribution is 0.881. The maximum Gasteiger partial charge on any atom is 0.191 e. The van der Waals surface area contributed by atoms with Crippen LogP contribution in [0, 0.1) is 11.3 Å². The highest BCUT2D eigenvalue weighted by atomic mass is 35.5. The Balaban J connectivity index is 1.68. The molecule has 0 unspecified atom stereocenters. The topological polar surface area (TPSA) is 83.2 Å². The van der Waals surface area contributed by atoms with Gasteiger partial charge in [-0.2, -0.15) is 20.7 Å². The average Bonchev–Trinajstić information content (AvgIpc) is 3.33. The van der Waals surface area contributed by atoms with E-state index in [1.54, 1.807) is 10.9 Å². The number of thiophene rings is 1. The van der Waals surface area contributed by atoms with Crippen molar-refractivity contribution in [3.05, 3.63) is 59.5 Å². The SMILES string of the molecule is N#Cc1n[nH]nc1-c1ccc(-c2cnn(-c3cccc(Cl)c3)c2)s1. The number of rotatable bonds is 3. The van der Waals surface area contributed by atoms with Crippen LogP contribution in [0.5, 0.6) is 0 Å². The largest absolute Gasteiger partial charge is 0.240 e. The predicted molar refractivity (Wildman–Crippen MR) is 92.0 cm³/mol. The van der Waals surface area contributed by atoms with Crippen LogP contribution in [0.1, 0.15) is 5.69 Å². The molecule has 1 aromatic carbocycles. The van der Waals surface area contributed by atoms with E-state index in [9.17, 15) is 0 Å². The Hall–Kier alpha value is -2.95. The zero-order valence-electron chi connectivity index (χ0n) is 12.1. The number of benzene rings is 1. The molecule has 24 heavy (non-hydrogen) atoms. The molecule has 0 radical (unpaired) electrons. The van der Waals surface area contributed by atoms with E-state index in [2.05, 4.69) is 20.5 Å². The van der Waals surface area contributed by atoms with Gasteiger partial charge in [-0.1, -0.05) is 17.7 Å². The summed E-state index contributed by atoms with van der Waals surface area (Å²) >= 11 is 7.56. The van der Waals surface area contributed by atoms with Gasteiger partial charge in [0.2, 0.25) is 0 Å². The smallest absolute Gasteiger partial charge is 0.191 e. The minimum atomic E-state index is 0.290. The zero-order valence-corrected chi connectivity index (χ0v) is 13.7. The van der Waals surface area contributed by atoms with Crippen molar-refractivity contribution in [3.63, 3.8) is 0 Å². The van der Waals surface area contributed by atoms with Crippen molar-refractivity contribution in [2.75, 3.05) is 0 Å². The second-order valence-electron chi connectivity index (χ2n) is 4.95. The fourth-order valence-corrected chi connectivity index (χ4v) is 3.47. The number of hydrogen-bond donors (Lipinski definition) is 1. The van der Waals surface area contributed by atoms with Crippen molar-refractivity contribution in [3.8, 4) is 32.8 Å². The molecule has 0 bridgehead atoms. The molecule has 0 saturated carbocycles. The molecule has 6 nitrogen and oxygen atoms in total. The lowest BCUT2D eigenvalue weighted by Crippen LogP contribution is -1.92. The second kappa shape index (κ2) is 5.92. The Morgan fingerprint density at radius 2 is 2.04 bits per heavy atom. The molecule has 4 aromatic rings. The van der Waals surface area contributed by atoms with E-state index in [-0.39, 0.29) is 5.69 Å². The molecule has 0 aliphatic carbocycles. The highest BCUT2D eigenvalue weighted by Crippen LogP contribution is 2.34. The maximum atomic E-state index is 9.05. The van der Waals surface area contributed by atoms with Crippen LogP contribution in [0.2, 0.25) is 5.02 Å². The van der Waals surface area contributed by atoms with Crippen LogP contribution in [0.15, 0.2) is 48.8 Å². The Morgan fingerprint density at radius 1 is 1.17 bits per heavy atom. The number of H-pyrrole nitrogens is 1. The monoisotopic (exact) mass is 352 g/mol. The van der Waals surface area contributed by atoms with E-state index >= 15 is 0 Å². The molecular formula is C16H9ClN6S. The summed E-state index contributed by atoms with van der Waals surface area (Å²) in [5.41, 5.74) is 2.73. The second-order valence-corrected chi connectivity index (χ2v) is 6.47. The normalized spacial score (nSPS) is 10.7. The van der Waals surface area contributed by atoms with E-state index in [4.69, 9.17) is 16.9 Å². The van der Waals surface area contributed by atoms with Gasteiger partial charge in [0.1, 0.15) is 11.8 Å². The number of halogens is 1. The van der Waals surface area contributed by atoms with Gasteiger partial charge in [-0.25, -0.2) is 4.68 Å². The molecule has 0 fully saturated rings. The van der Waals surface area contributed by atoms with Crippen molar-refractivity contribution >= 4 is 22.9 Å². The van der Waals surface area contributed by atoms with Crippen LogP contribution in [0.3, 0.4) is 0 Å². The molecule has 116 valence electrons. The van der Waals surface area contributed by atoms with Gasteiger partial charge < -0.3 is 0 Å². The predicted octanol–water partition coefficient (Wildman–Crippen LogP) is 3.91. The lowest BCUT2D eigenvalue weighted by Gasteiger charge is -2.00. The summed E-state index contributed by atoms with van der Waals surface area (Å²) < 4.78 is 1.78. The Kier molecular flexibility index (Phi) is 3.61. The lowest BCUT2D eigenvalue weighted by atomic mass is 10.2. The molecule has 3 heterocycles. The number of hydrogen-bond acceptors (Lipinski definition) is 5. The van der Waals surface area contributed by atoms with Gasteiger partial charge in [0.15, 0.2) is 5.69 Å². The van der Waals surface area contributed by atoms with Crippen LogP contribution >= 0.6 is 22.9 Å². The number of aromatic amines is 1. The number of nitrogens with one attached hydrogen (secondary N) is 1. The Morgan fingerprint density at radius 3 is 2.88 bits per heavy atom. The van der Waals surface area contributed by atoms with Gasteiger partial charge in [0.05, 0.1) is 16.8 Å². The van der Waals surface area contributed by atoms with Gasteiger partial charge in [-0.15, -0.1) is 16.4 Å². The molecule has 0 aliphatic heterocycles. The minimum Gasteiger partial charge on any atom is -0.240 e. The van der Waals surface area contributed by atoms with Crippen LogP contribution in [0.4, 0.5) is 0 Å². The highest BCUT2D eigenvalue weighted by molar-refractivity contribution is 7.18. The molecule has 8 heteroatoms. The number of nitriles is 1. The van der Waals surface area contributed by atoms with E-state index in [1.165, 1.54) is 11.3 Å². The highest BCUT2D eigenvalue weighted by Gasteiger charge is 2.14. The number of aromatic nitrogens is 5. The van der Waals surface area contributed by atoms with E-state index in [1.807, 2.05) is 48.7 Å². The Labute approximate surface area is 145 Å². The van der Waals surface area contributed by atoms with Crippen molar-refractivity contribution in [2.45, 2.75) is 0 Å². The first-order valence-corrected chi connectivity index (χ1v) is 8.16. The van der Waals surface area contributed by atoms with Gasteiger partial charge in [0, 0.05) is 21.7 Å². The Bertz CT molecular complexity index is 1050. The molecule has 0 amide bonds. The molecule has 0 spiro atoms. The van der Waals surface area contributed by atoms with Crippen LogP contribution in [-0.2, 0) is 0 Å². The first kappa shape index (κ1) is 14.6. The van der Waals surface area contributed by atoms with Gasteiger partial charge in [0.25, 0.3) is 0 Å². The third-order valence-electron chi connectivity index (χ3n) is 3.43. The zero-order chi connectivity index (χ0) is 16.5. The molecule has 0 saturated heterocycles. The minimum absolute atomic E-state index is 0.290. The van der Waals surface area contributed by atoms with Gasteiger partial charge in [-0.3, -0.25) is 0 Å². The summed E-state index contributed by atoms with van der Waals surface area (Å²) in [6, 6.07) is 13.4. The molecule has 4 rings (SSSR count). The van der Waals surface area contributed by atoms with E-state index in [0.717, 1.165) is 21.0 Å². The summed E-state index contributed by atoms with van der Waals surface area (Å²) in [4.78, 5) is 1.91. The molecule has 1 N–H and O–H groups in total. The third kappa shape index (κ3) is 2.58. The van der Waals surface area contributed by atoms with E-state index < -0.39 is 0 Å². The van der Waals surface area contributed by atoms with E-state index in [0.29, 0.717) is 10.7 Å². The van der Waals surface area contributed by atoms with Crippen LogP contribution in [0.25, 0.3) is 26.7 Å². The summed E-state index contributed by atoms with van der Waals surface area (Å²) in [7, 11) is 0. The third-order valence-corrected chi connectivity index (χ3v) is 4.81. The quantitative estimate of drug-likeness (QED) is 0.606. The first-order chi connectivity index (χ1) is 11.7.